The maximum Gasteiger partial charge on any atom is 0.142 e. The smallest absolute Gasteiger partial charge is 0.142 e. The third-order valence-electron chi connectivity index (χ3n) is 3.76. The van der Waals surface area contributed by atoms with Crippen LogP contribution in [0.3, 0.4) is 0 Å². The summed E-state index contributed by atoms with van der Waals surface area (Å²) in [5, 5.41) is 13.1. The molecule has 1 unspecified atom stereocenters. The second-order valence-electron chi connectivity index (χ2n) is 5.83. The molecule has 1 aliphatic rings. The summed E-state index contributed by atoms with van der Waals surface area (Å²) in [6.45, 7) is 8.25. The minimum Gasteiger partial charge on any atom is -0.495 e. The Kier molecular flexibility index (Phi) is 4.02. The van der Waals surface area contributed by atoms with Crippen molar-refractivity contribution in [2.45, 2.75) is 32.4 Å². The van der Waals surface area contributed by atoms with E-state index in [1.54, 1.807) is 7.11 Å². The molecule has 4 heteroatoms. The predicted octanol–water partition coefficient (Wildman–Crippen LogP) is 1.55. The first-order valence-corrected chi connectivity index (χ1v) is 6.75. The fraction of sp³-hybridized carbons (Fsp3) is 0.600. The van der Waals surface area contributed by atoms with Crippen molar-refractivity contribution in [3.63, 3.8) is 0 Å². The van der Waals surface area contributed by atoms with Crippen molar-refractivity contribution in [2.24, 2.45) is 0 Å². The topological polar surface area (TPSA) is 44.7 Å². The molecule has 1 saturated heterocycles. The van der Waals surface area contributed by atoms with Crippen LogP contribution in [0.1, 0.15) is 19.4 Å². The summed E-state index contributed by atoms with van der Waals surface area (Å²) in [5.74, 6) is 0.860. The second kappa shape index (κ2) is 5.39. The summed E-state index contributed by atoms with van der Waals surface area (Å²) >= 11 is 0. The van der Waals surface area contributed by atoms with Crippen molar-refractivity contribution in [2.75, 3.05) is 31.7 Å². The monoisotopic (exact) mass is 264 g/mol. The van der Waals surface area contributed by atoms with E-state index in [0.29, 0.717) is 0 Å². The van der Waals surface area contributed by atoms with E-state index in [0.717, 1.165) is 24.5 Å². The van der Waals surface area contributed by atoms with Gasteiger partial charge in [-0.1, -0.05) is 6.07 Å². The lowest BCUT2D eigenvalue weighted by Gasteiger charge is -2.49. The number of methoxy groups -OCH3 is 1. The number of piperazine rings is 1. The first-order valence-electron chi connectivity index (χ1n) is 6.75. The normalized spacial score (nSPS) is 22.4. The van der Waals surface area contributed by atoms with Crippen LogP contribution in [0, 0.1) is 6.92 Å². The van der Waals surface area contributed by atoms with Crippen LogP contribution in [0.25, 0.3) is 0 Å². The van der Waals surface area contributed by atoms with Gasteiger partial charge in [-0.2, -0.15) is 0 Å². The zero-order chi connectivity index (χ0) is 14.0. The molecule has 1 heterocycles. The van der Waals surface area contributed by atoms with Gasteiger partial charge in [0.2, 0.25) is 0 Å². The van der Waals surface area contributed by atoms with Crippen LogP contribution in [0.2, 0.25) is 0 Å². The van der Waals surface area contributed by atoms with Gasteiger partial charge >= 0.3 is 0 Å². The van der Waals surface area contributed by atoms with E-state index < -0.39 is 0 Å². The van der Waals surface area contributed by atoms with Crippen molar-refractivity contribution in [1.82, 2.24) is 5.32 Å². The second-order valence-corrected chi connectivity index (χ2v) is 5.83. The summed E-state index contributed by atoms with van der Waals surface area (Å²) in [7, 11) is 1.69. The molecule has 0 radical (unpaired) electrons. The van der Waals surface area contributed by atoms with Crippen molar-refractivity contribution in [3.8, 4) is 5.75 Å². The molecule has 0 saturated carbocycles. The number of anilines is 1. The van der Waals surface area contributed by atoms with Crippen LogP contribution < -0.4 is 15.0 Å². The molecule has 4 nitrogen and oxygen atoms in total. The average Bonchev–Trinajstić information content (AvgIpc) is 2.37. The van der Waals surface area contributed by atoms with E-state index in [2.05, 4.69) is 37.1 Å². The third-order valence-corrected chi connectivity index (χ3v) is 3.76. The largest absolute Gasteiger partial charge is 0.495 e. The lowest BCUT2D eigenvalue weighted by atomic mass is 9.94. The number of aliphatic hydroxyl groups excluding tert-OH is 1. The lowest BCUT2D eigenvalue weighted by molar-refractivity contribution is 0.211. The Balaban J connectivity index is 2.49. The van der Waals surface area contributed by atoms with Gasteiger partial charge in [-0.15, -0.1) is 0 Å². The average molecular weight is 264 g/mol. The molecule has 1 fully saturated rings. The Morgan fingerprint density at radius 3 is 2.84 bits per heavy atom. The summed E-state index contributed by atoms with van der Waals surface area (Å²) < 4.78 is 5.50. The molecule has 1 aliphatic heterocycles. The quantitative estimate of drug-likeness (QED) is 0.869. The molecular formula is C15H24N2O2. The van der Waals surface area contributed by atoms with Crippen LogP contribution in [0.5, 0.6) is 5.75 Å². The van der Waals surface area contributed by atoms with E-state index in [1.807, 2.05) is 12.1 Å². The van der Waals surface area contributed by atoms with Gasteiger partial charge in [0.05, 0.1) is 25.4 Å². The summed E-state index contributed by atoms with van der Waals surface area (Å²) in [5.41, 5.74) is 2.20. The molecule has 106 valence electrons. The Bertz CT molecular complexity index is 446. The highest BCUT2D eigenvalue weighted by atomic mass is 16.5. The Hall–Kier alpha value is -1.26. The number of hydrogen-bond acceptors (Lipinski definition) is 4. The molecule has 1 atom stereocenters. The van der Waals surface area contributed by atoms with Crippen molar-refractivity contribution in [1.29, 1.82) is 0 Å². The van der Waals surface area contributed by atoms with Crippen LogP contribution in [0.4, 0.5) is 5.69 Å². The number of aryl methyl sites for hydroxylation is 1. The van der Waals surface area contributed by atoms with Crippen molar-refractivity contribution < 1.29 is 9.84 Å². The number of benzene rings is 1. The van der Waals surface area contributed by atoms with Crippen LogP contribution >= 0.6 is 0 Å². The summed E-state index contributed by atoms with van der Waals surface area (Å²) in [4.78, 5) is 2.29. The number of aliphatic hydroxyl groups is 1. The first kappa shape index (κ1) is 14.2. The van der Waals surface area contributed by atoms with Gasteiger partial charge in [0.25, 0.3) is 0 Å². The van der Waals surface area contributed by atoms with Crippen LogP contribution in [-0.2, 0) is 0 Å². The zero-order valence-corrected chi connectivity index (χ0v) is 12.2. The molecule has 0 aliphatic carbocycles. The minimum absolute atomic E-state index is 0.0628. The number of ether oxygens (including phenoxy) is 1. The fourth-order valence-electron chi connectivity index (χ4n) is 2.87. The number of hydrogen-bond donors (Lipinski definition) is 2. The molecule has 0 bridgehead atoms. The Morgan fingerprint density at radius 2 is 2.21 bits per heavy atom. The Morgan fingerprint density at radius 1 is 1.47 bits per heavy atom. The fourth-order valence-corrected chi connectivity index (χ4v) is 2.87. The van der Waals surface area contributed by atoms with E-state index >= 15 is 0 Å². The van der Waals surface area contributed by atoms with Crippen LogP contribution in [-0.4, -0.2) is 43.5 Å². The molecule has 1 aromatic rings. The highest BCUT2D eigenvalue weighted by Gasteiger charge is 2.37. The highest BCUT2D eigenvalue weighted by molar-refractivity contribution is 5.62. The van der Waals surface area contributed by atoms with Gasteiger partial charge < -0.3 is 20.1 Å². The van der Waals surface area contributed by atoms with Gasteiger partial charge in [-0.05, 0) is 38.5 Å². The standard InChI is InChI=1S/C15H24N2O2/c1-11-5-6-14(19-4)13(7-11)17-12(9-18)8-16-10-15(17,2)3/h5-7,12,16,18H,8-10H2,1-4H3. The Labute approximate surface area is 115 Å². The predicted molar refractivity (Wildman–Crippen MR) is 78.0 cm³/mol. The molecule has 0 aromatic heterocycles. The van der Waals surface area contributed by atoms with Gasteiger partial charge in [0.1, 0.15) is 5.75 Å². The van der Waals surface area contributed by atoms with Gasteiger partial charge in [-0.25, -0.2) is 0 Å². The highest BCUT2D eigenvalue weighted by Crippen LogP contribution is 2.36. The maximum absolute atomic E-state index is 9.67. The van der Waals surface area contributed by atoms with E-state index in [-0.39, 0.29) is 18.2 Å². The summed E-state index contributed by atoms with van der Waals surface area (Å²) in [6, 6.07) is 6.25. The molecule has 2 rings (SSSR count). The molecular weight excluding hydrogens is 240 g/mol. The van der Waals surface area contributed by atoms with E-state index in [1.165, 1.54) is 5.56 Å². The zero-order valence-electron chi connectivity index (χ0n) is 12.2. The molecule has 2 N–H and O–H groups in total. The first-order chi connectivity index (χ1) is 8.99. The van der Waals surface area contributed by atoms with Gasteiger partial charge in [0.15, 0.2) is 0 Å². The van der Waals surface area contributed by atoms with Gasteiger partial charge in [-0.3, -0.25) is 0 Å². The number of rotatable bonds is 3. The number of nitrogens with zero attached hydrogens (tertiary/aromatic N) is 1. The third kappa shape index (κ3) is 2.69. The minimum atomic E-state index is -0.0628. The van der Waals surface area contributed by atoms with Crippen molar-refractivity contribution >= 4 is 5.69 Å². The van der Waals surface area contributed by atoms with Crippen LogP contribution in [0.15, 0.2) is 18.2 Å². The lowest BCUT2D eigenvalue weighted by Crippen LogP contribution is -2.64. The molecule has 19 heavy (non-hydrogen) atoms. The number of nitrogens with one attached hydrogen (secondary N) is 1. The van der Waals surface area contributed by atoms with E-state index in [9.17, 15) is 5.11 Å². The molecule has 0 amide bonds. The van der Waals surface area contributed by atoms with Gasteiger partial charge in [0, 0.05) is 18.6 Å². The molecule has 1 aromatic carbocycles. The van der Waals surface area contributed by atoms with Crippen molar-refractivity contribution in [3.05, 3.63) is 23.8 Å². The maximum atomic E-state index is 9.67. The summed E-state index contributed by atoms with van der Waals surface area (Å²) in [6.07, 6.45) is 0. The SMILES string of the molecule is COc1ccc(C)cc1N1C(CO)CNCC1(C)C. The van der Waals surface area contributed by atoms with E-state index in [4.69, 9.17) is 4.74 Å². The molecule has 0 spiro atoms.